The van der Waals surface area contributed by atoms with Crippen LogP contribution in [0.3, 0.4) is 0 Å². The number of nitrogens with zero attached hydrogens (tertiary/aromatic N) is 1. The smallest absolute Gasteiger partial charge is 0.287 e. The number of ether oxygens (including phenoxy) is 1. The Balaban J connectivity index is 1.80. The van der Waals surface area contributed by atoms with Crippen molar-refractivity contribution in [3.63, 3.8) is 0 Å². The molecule has 33 heavy (non-hydrogen) atoms. The highest BCUT2D eigenvalue weighted by Crippen LogP contribution is 2.41. The van der Waals surface area contributed by atoms with E-state index in [-0.39, 0.29) is 17.2 Å². The van der Waals surface area contributed by atoms with Crippen LogP contribution in [0.1, 0.15) is 27.7 Å². The summed E-state index contributed by atoms with van der Waals surface area (Å²) in [5.74, 6) is -0.782. The number of phenolic OH excluding ortho intramolecular Hbond substituents is 1. The average Bonchev–Trinajstić information content (AvgIpc) is 3.33. The standard InChI is InChI=1S/C23H19Br2N3O4S/c1-2-32-18-11-15(19(24)20(25)21(18)29)13-26-28-23(31)17(12-16-9-6-10-33-16)27-22(30)14-7-4-3-5-8-14/h3-13,29H,2H2,1H3,(H,27,30)(H,28,31). The number of halogens is 2. The van der Waals surface area contributed by atoms with Gasteiger partial charge in [-0.1, -0.05) is 24.3 Å². The van der Waals surface area contributed by atoms with Crippen molar-refractivity contribution in [1.82, 2.24) is 10.7 Å². The summed E-state index contributed by atoms with van der Waals surface area (Å²) in [6.45, 7) is 2.17. The summed E-state index contributed by atoms with van der Waals surface area (Å²) in [7, 11) is 0. The lowest BCUT2D eigenvalue weighted by Crippen LogP contribution is -2.32. The van der Waals surface area contributed by atoms with Crippen LogP contribution in [0.15, 0.2) is 73.7 Å². The topological polar surface area (TPSA) is 100 Å². The van der Waals surface area contributed by atoms with E-state index in [1.807, 2.05) is 17.5 Å². The number of hydrogen-bond donors (Lipinski definition) is 3. The summed E-state index contributed by atoms with van der Waals surface area (Å²) in [4.78, 5) is 26.2. The van der Waals surface area contributed by atoms with Gasteiger partial charge in [0.1, 0.15) is 5.70 Å². The highest BCUT2D eigenvalue weighted by Gasteiger charge is 2.16. The Morgan fingerprint density at radius 1 is 1.15 bits per heavy atom. The molecular formula is C23H19Br2N3O4S. The van der Waals surface area contributed by atoms with E-state index in [1.165, 1.54) is 17.6 Å². The zero-order chi connectivity index (χ0) is 23.8. The highest BCUT2D eigenvalue weighted by atomic mass is 79.9. The lowest BCUT2D eigenvalue weighted by molar-refractivity contribution is -0.117. The van der Waals surface area contributed by atoms with Crippen molar-refractivity contribution in [2.75, 3.05) is 6.61 Å². The molecule has 3 rings (SSSR count). The molecule has 0 saturated heterocycles. The number of hydrazone groups is 1. The van der Waals surface area contributed by atoms with E-state index in [2.05, 4.69) is 47.7 Å². The Morgan fingerprint density at radius 2 is 1.91 bits per heavy atom. The van der Waals surface area contributed by atoms with Gasteiger partial charge >= 0.3 is 0 Å². The van der Waals surface area contributed by atoms with Gasteiger partial charge in [0.05, 0.1) is 17.3 Å². The number of benzene rings is 2. The van der Waals surface area contributed by atoms with Crippen molar-refractivity contribution in [1.29, 1.82) is 0 Å². The van der Waals surface area contributed by atoms with E-state index in [0.717, 1.165) is 4.88 Å². The van der Waals surface area contributed by atoms with E-state index in [1.54, 1.807) is 49.4 Å². The summed E-state index contributed by atoms with van der Waals surface area (Å²) in [5, 5.41) is 18.7. The summed E-state index contributed by atoms with van der Waals surface area (Å²) in [6.07, 6.45) is 2.98. The van der Waals surface area contributed by atoms with E-state index in [9.17, 15) is 14.7 Å². The number of nitrogens with one attached hydrogen (secondary N) is 2. The van der Waals surface area contributed by atoms with Crippen molar-refractivity contribution in [2.24, 2.45) is 5.10 Å². The third kappa shape index (κ3) is 6.53. The van der Waals surface area contributed by atoms with Crippen molar-refractivity contribution >= 4 is 67.3 Å². The molecule has 3 aromatic rings. The van der Waals surface area contributed by atoms with Gasteiger partial charge in [-0.15, -0.1) is 11.3 Å². The minimum absolute atomic E-state index is 0.0458. The fourth-order valence-electron chi connectivity index (χ4n) is 2.65. The first-order chi connectivity index (χ1) is 15.9. The molecule has 2 amide bonds. The van der Waals surface area contributed by atoms with Gasteiger partial charge in [-0.05, 0) is 74.5 Å². The number of hydrogen-bond acceptors (Lipinski definition) is 6. The van der Waals surface area contributed by atoms with Crippen LogP contribution in [0.25, 0.3) is 6.08 Å². The number of rotatable bonds is 8. The van der Waals surface area contributed by atoms with E-state index in [4.69, 9.17) is 4.74 Å². The Hall–Kier alpha value is -2.95. The van der Waals surface area contributed by atoms with Crippen LogP contribution in [0.5, 0.6) is 11.5 Å². The molecular weight excluding hydrogens is 574 g/mol. The molecule has 0 radical (unpaired) electrons. The molecule has 2 aromatic carbocycles. The Morgan fingerprint density at radius 3 is 2.58 bits per heavy atom. The summed E-state index contributed by atoms with van der Waals surface area (Å²) in [5.41, 5.74) is 3.45. The minimum Gasteiger partial charge on any atom is -0.503 e. The highest BCUT2D eigenvalue weighted by molar-refractivity contribution is 9.13. The van der Waals surface area contributed by atoms with Gasteiger partial charge in [-0.3, -0.25) is 9.59 Å². The molecule has 0 aliphatic carbocycles. The molecule has 0 saturated carbocycles. The molecule has 1 aromatic heterocycles. The lowest BCUT2D eigenvalue weighted by atomic mass is 10.2. The van der Waals surface area contributed by atoms with Gasteiger partial charge in [-0.25, -0.2) is 5.43 Å². The monoisotopic (exact) mass is 591 g/mol. The molecule has 0 aliphatic rings. The fourth-order valence-corrected chi connectivity index (χ4v) is 4.14. The van der Waals surface area contributed by atoms with E-state index >= 15 is 0 Å². The van der Waals surface area contributed by atoms with Crippen LogP contribution < -0.4 is 15.5 Å². The largest absolute Gasteiger partial charge is 0.503 e. The second kappa shape index (κ2) is 11.8. The molecule has 0 atom stereocenters. The molecule has 0 bridgehead atoms. The SMILES string of the molecule is CCOc1cc(C=NNC(=O)C(=Cc2cccs2)NC(=O)c2ccccc2)c(Br)c(Br)c1O. The quantitative estimate of drug-likeness (QED) is 0.188. The van der Waals surface area contributed by atoms with Gasteiger partial charge in [0, 0.05) is 20.5 Å². The van der Waals surface area contributed by atoms with E-state index in [0.29, 0.717) is 26.7 Å². The number of aromatic hydroxyl groups is 1. The predicted octanol–water partition coefficient (Wildman–Crippen LogP) is 5.30. The molecule has 0 aliphatic heterocycles. The molecule has 0 spiro atoms. The molecule has 0 unspecified atom stereocenters. The van der Waals surface area contributed by atoms with Crippen LogP contribution in [-0.4, -0.2) is 29.7 Å². The van der Waals surface area contributed by atoms with Crippen molar-refractivity contribution in [3.05, 3.63) is 84.6 Å². The van der Waals surface area contributed by atoms with Crippen LogP contribution in [0.2, 0.25) is 0 Å². The third-order valence-electron chi connectivity index (χ3n) is 4.20. The van der Waals surface area contributed by atoms with Crippen LogP contribution in [0.4, 0.5) is 0 Å². The first-order valence-corrected chi connectivity index (χ1v) is 12.2. The zero-order valence-electron chi connectivity index (χ0n) is 17.3. The summed E-state index contributed by atoms with van der Waals surface area (Å²) in [6, 6.07) is 13.9. The summed E-state index contributed by atoms with van der Waals surface area (Å²) >= 11 is 8.10. The van der Waals surface area contributed by atoms with Gasteiger partial charge < -0.3 is 15.2 Å². The predicted molar refractivity (Wildman–Crippen MR) is 137 cm³/mol. The number of thiophene rings is 1. The number of carbonyl (C=O) groups excluding carboxylic acids is 2. The van der Waals surface area contributed by atoms with Gasteiger partial charge in [0.2, 0.25) is 0 Å². The molecule has 0 fully saturated rings. The van der Waals surface area contributed by atoms with Crippen LogP contribution in [0, 0.1) is 0 Å². The second-order valence-electron chi connectivity index (χ2n) is 6.47. The number of carbonyl (C=O) groups is 2. The first kappa shape index (κ1) is 24.7. The zero-order valence-corrected chi connectivity index (χ0v) is 21.3. The maximum absolute atomic E-state index is 12.8. The molecule has 10 heteroatoms. The van der Waals surface area contributed by atoms with Gasteiger partial charge in [0.15, 0.2) is 11.5 Å². The number of phenols is 1. The first-order valence-electron chi connectivity index (χ1n) is 9.69. The minimum atomic E-state index is -0.595. The third-order valence-corrected chi connectivity index (χ3v) is 7.18. The number of amides is 2. The van der Waals surface area contributed by atoms with Crippen molar-refractivity contribution in [2.45, 2.75) is 6.92 Å². The molecule has 7 nitrogen and oxygen atoms in total. The molecule has 1 heterocycles. The van der Waals surface area contributed by atoms with Gasteiger partial charge in [0.25, 0.3) is 11.8 Å². The normalized spacial score (nSPS) is 11.4. The molecule has 3 N–H and O–H groups in total. The summed E-state index contributed by atoms with van der Waals surface area (Å²) < 4.78 is 6.35. The maximum atomic E-state index is 12.8. The van der Waals surface area contributed by atoms with Crippen LogP contribution in [-0.2, 0) is 4.79 Å². The maximum Gasteiger partial charge on any atom is 0.287 e. The Labute approximate surface area is 211 Å². The van der Waals surface area contributed by atoms with Crippen molar-refractivity contribution < 1.29 is 19.4 Å². The second-order valence-corrected chi connectivity index (χ2v) is 9.03. The lowest BCUT2D eigenvalue weighted by Gasteiger charge is -2.11. The fraction of sp³-hybridized carbons (Fsp3) is 0.0870. The Bertz CT molecular complexity index is 1200. The van der Waals surface area contributed by atoms with Crippen molar-refractivity contribution in [3.8, 4) is 11.5 Å². The van der Waals surface area contributed by atoms with Crippen LogP contribution >= 0.6 is 43.2 Å². The Kier molecular flexibility index (Phi) is 8.81. The molecule has 170 valence electrons. The van der Waals surface area contributed by atoms with Gasteiger partial charge in [-0.2, -0.15) is 5.10 Å². The van der Waals surface area contributed by atoms with E-state index < -0.39 is 11.8 Å². The average molecular weight is 593 g/mol.